The van der Waals surface area contributed by atoms with Gasteiger partial charge in [-0.1, -0.05) is 32.3 Å². The third kappa shape index (κ3) is 9.91. The van der Waals surface area contributed by atoms with E-state index >= 15 is 0 Å². The van der Waals surface area contributed by atoms with Crippen molar-refractivity contribution in [2.75, 3.05) is 0 Å². The number of hydrogen-bond donors (Lipinski definition) is 1. The summed E-state index contributed by atoms with van der Waals surface area (Å²) in [4.78, 5) is 11.5. The van der Waals surface area contributed by atoms with Crippen LogP contribution in [0.1, 0.15) is 66.7 Å². The van der Waals surface area contributed by atoms with Gasteiger partial charge in [-0.05, 0) is 40.5 Å². The predicted molar refractivity (Wildman–Crippen MR) is 71.9 cm³/mol. The van der Waals surface area contributed by atoms with E-state index in [0.29, 0.717) is 0 Å². The standard InChI is InChI=1S/C14H27NO2/c1-6-8-9-10-11-12(7-2)15-13(16)17-14(3,4)5/h7H,6,8-11H2,1-5H3,(H,15,16)/b12-7-. The lowest BCUT2D eigenvalue weighted by Crippen LogP contribution is -2.32. The molecule has 17 heavy (non-hydrogen) atoms. The monoisotopic (exact) mass is 241 g/mol. The van der Waals surface area contributed by atoms with E-state index in [4.69, 9.17) is 4.74 Å². The van der Waals surface area contributed by atoms with Crippen molar-refractivity contribution in [2.24, 2.45) is 0 Å². The molecule has 0 saturated carbocycles. The number of carbonyl (C=O) groups is 1. The minimum Gasteiger partial charge on any atom is -0.444 e. The Labute approximate surface area is 106 Å². The average molecular weight is 241 g/mol. The van der Waals surface area contributed by atoms with Crippen LogP contribution in [0.4, 0.5) is 4.79 Å². The van der Waals surface area contributed by atoms with Gasteiger partial charge in [-0.2, -0.15) is 0 Å². The fourth-order valence-corrected chi connectivity index (χ4v) is 1.46. The number of hydrogen-bond acceptors (Lipinski definition) is 2. The fraction of sp³-hybridized carbons (Fsp3) is 0.786. The zero-order valence-corrected chi connectivity index (χ0v) is 11.9. The number of rotatable bonds is 6. The molecule has 0 aromatic heterocycles. The van der Waals surface area contributed by atoms with Gasteiger partial charge in [0.1, 0.15) is 5.60 Å². The summed E-state index contributed by atoms with van der Waals surface area (Å²) in [6, 6.07) is 0. The SMILES string of the molecule is C/C=C(/CCCCCC)NC(=O)OC(C)(C)C. The molecule has 0 unspecified atom stereocenters. The lowest BCUT2D eigenvalue weighted by atomic mass is 10.1. The Morgan fingerprint density at radius 2 is 1.88 bits per heavy atom. The molecule has 0 aliphatic heterocycles. The van der Waals surface area contributed by atoms with Crippen LogP contribution < -0.4 is 5.32 Å². The first-order valence-corrected chi connectivity index (χ1v) is 6.54. The molecule has 0 fully saturated rings. The second-order valence-electron chi connectivity index (χ2n) is 5.25. The Morgan fingerprint density at radius 3 is 2.35 bits per heavy atom. The summed E-state index contributed by atoms with van der Waals surface area (Å²) < 4.78 is 5.21. The van der Waals surface area contributed by atoms with E-state index in [1.165, 1.54) is 19.3 Å². The molecule has 0 aromatic carbocycles. The van der Waals surface area contributed by atoms with Gasteiger partial charge in [0.15, 0.2) is 0 Å². The van der Waals surface area contributed by atoms with Crippen LogP contribution in [0.15, 0.2) is 11.8 Å². The van der Waals surface area contributed by atoms with E-state index < -0.39 is 5.60 Å². The topological polar surface area (TPSA) is 38.3 Å². The highest BCUT2D eigenvalue weighted by atomic mass is 16.6. The number of allylic oxidation sites excluding steroid dienone is 2. The van der Waals surface area contributed by atoms with Crippen LogP contribution in [0.2, 0.25) is 0 Å². The van der Waals surface area contributed by atoms with Crippen molar-refractivity contribution in [3.05, 3.63) is 11.8 Å². The summed E-state index contributed by atoms with van der Waals surface area (Å²) >= 11 is 0. The molecule has 0 heterocycles. The molecule has 3 nitrogen and oxygen atoms in total. The summed E-state index contributed by atoms with van der Waals surface area (Å²) in [6.07, 6.45) is 7.30. The van der Waals surface area contributed by atoms with Crippen LogP contribution in [-0.2, 0) is 4.74 Å². The van der Waals surface area contributed by atoms with Crippen LogP contribution in [0.5, 0.6) is 0 Å². The van der Waals surface area contributed by atoms with E-state index in [9.17, 15) is 4.79 Å². The molecule has 0 aliphatic carbocycles. The molecule has 1 N–H and O–H groups in total. The molecule has 0 rings (SSSR count). The van der Waals surface area contributed by atoms with Crippen LogP contribution >= 0.6 is 0 Å². The van der Waals surface area contributed by atoms with E-state index in [0.717, 1.165) is 18.5 Å². The minimum atomic E-state index is -0.439. The molecule has 0 spiro atoms. The van der Waals surface area contributed by atoms with Gasteiger partial charge in [0, 0.05) is 5.70 Å². The smallest absolute Gasteiger partial charge is 0.411 e. The van der Waals surface area contributed by atoms with E-state index in [2.05, 4.69) is 12.2 Å². The fourth-order valence-electron chi connectivity index (χ4n) is 1.46. The van der Waals surface area contributed by atoms with Gasteiger partial charge >= 0.3 is 6.09 Å². The molecule has 0 aliphatic rings. The zero-order valence-electron chi connectivity index (χ0n) is 11.9. The number of nitrogens with one attached hydrogen (secondary N) is 1. The maximum absolute atomic E-state index is 11.5. The molecular weight excluding hydrogens is 214 g/mol. The van der Waals surface area contributed by atoms with Gasteiger partial charge in [0.25, 0.3) is 0 Å². The van der Waals surface area contributed by atoms with Crippen molar-refractivity contribution < 1.29 is 9.53 Å². The van der Waals surface area contributed by atoms with Gasteiger partial charge in [-0.3, -0.25) is 5.32 Å². The Bertz CT molecular complexity index is 251. The second kappa shape index (κ2) is 8.15. The molecule has 1 amide bonds. The summed E-state index contributed by atoms with van der Waals surface area (Å²) in [5, 5.41) is 2.80. The summed E-state index contributed by atoms with van der Waals surface area (Å²) in [6.45, 7) is 9.72. The largest absolute Gasteiger partial charge is 0.444 e. The molecule has 0 aromatic rings. The molecule has 100 valence electrons. The molecule has 0 radical (unpaired) electrons. The van der Waals surface area contributed by atoms with Crippen molar-refractivity contribution in [1.82, 2.24) is 5.32 Å². The molecule has 3 heteroatoms. The Balaban J connectivity index is 3.93. The van der Waals surface area contributed by atoms with E-state index in [-0.39, 0.29) is 6.09 Å². The first-order chi connectivity index (χ1) is 7.89. The van der Waals surface area contributed by atoms with Crippen LogP contribution in [-0.4, -0.2) is 11.7 Å². The van der Waals surface area contributed by atoms with Crippen molar-refractivity contribution in [1.29, 1.82) is 0 Å². The third-order valence-electron chi connectivity index (χ3n) is 2.31. The molecule has 0 saturated heterocycles. The van der Waals surface area contributed by atoms with Crippen molar-refractivity contribution in [3.8, 4) is 0 Å². The van der Waals surface area contributed by atoms with Crippen molar-refractivity contribution >= 4 is 6.09 Å². The second-order valence-corrected chi connectivity index (χ2v) is 5.25. The first-order valence-electron chi connectivity index (χ1n) is 6.54. The van der Waals surface area contributed by atoms with Gasteiger partial charge in [0.2, 0.25) is 0 Å². The number of carbonyl (C=O) groups excluding carboxylic acids is 1. The average Bonchev–Trinajstić information content (AvgIpc) is 2.20. The summed E-state index contributed by atoms with van der Waals surface area (Å²) in [5.41, 5.74) is 0.515. The Morgan fingerprint density at radius 1 is 1.24 bits per heavy atom. The highest BCUT2D eigenvalue weighted by molar-refractivity contribution is 5.69. The van der Waals surface area contributed by atoms with E-state index in [1.807, 2.05) is 33.8 Å². The van der Waals surface area contributed by atoms with Crippen molar-refractivity contribution in [2.45, 2.75) is 72.3 Å². The van der Waals surface area contributed by atoms with Crippen LogP contribution in [0, 0.1) is 0 Å². The quantitative estimate of drug-likeness (QED) is 0.700. The lowest BCUT2D eigenvalue weighted by molar-refractivity contribution is 0.0544. The maximum Gasteiger partial charge on any atom is 0.411 e. The molecule has 0 atom stereocenters. The first kappa shape index (κ1) is 16.0. The third-order valence-corrected chi connectivity index (χ3v) is 2.31. The molecule has 0 bridgehead atoms. The number of unbranched alkanes of at least 4 members (excludes halogenated alkanes) is 3. The summed E-state index contributed by atoms with van der Waals surface area (Å²) in [7, 11) is 0. The van der Waals surface area contributed by atoms with Crippen molar-refractivity contribution in [3.63, 3.8) is 0 Å². The zero-order chi connectivity index (χ0) is 13.3. The van der Waals surface area contributed by atoms with Crippen LogP contribution in [0.25, 0.3) is 0 Å². The van der Waals surface area contributed by atoms with Gasteiger partial charge in [0.05, 0.1) is 0 Å². The highest BCUT2D eigenvalue weighted by Gasteiger charge is 2.16. The maximum atomic E-state index is 11.5. The normalized spacial score (nSPS) is 12.4. The number of amides is 1. The van der Waals surface area contributed by atoms with E-state index in [1.54, 1.807) is 0 Å². The minimum absolute atomic E-state index is 0.360. The predicted octanol–water partition coefficient (Wildman–Crippen LogP) is 4.39. The Hall–Kier alpha value is -0.990. The summed E-state index contributed by atoms with van der Waals surface area (Å²) in [5.74, 6) is 0. The van der Waals surface area contributed by atoms with Crippen LogP contribution in [0.3, 0.4) is 0 Å². The van der Waals surface area contributed by atoms with Gasteiger partial charge < -0.3 is 4.74 Å². The molecular formula is C14H27NO2. The number of ether oxygens (including phenoxy) is 1. The van der Waals surface area contributed by atoms with Gasteiger partial charge in [-0.15, -0.1) is 0 Å². The Kier molecular flexibility index (Phi) is 7.68. The lowest BCUT2D eigenvalue weighted by Gasteiger charge is -2.20. The number of alkyl carbamates (subject to hydrolysis) is 1. The van der Waals surface area contributed by atoms with Gasteiger partial charge in [-0.25, -0.2) is 4.79 Å². The highest BCUT2D eigenvalue weighted by Crippen LogP contribution is 2.10.